The van der Waals surface area contributed by atoms with Crippen LogP contribution in [-0.4, -0.2) is 11.7 Å². The van der Waals surface area contributed by atoms with Crippen molar-refractivity contribution in [3.05, 3.63) is 58.3 Å². The molecule has 0 aromatic heterocycles. The van der Waals surface area contributed by atoms with Gasteiger partial charge in [-0.2, -0.15) is 0 Å². The molecule has 0 saturated heterocycles. The minimum absolute atomic E-state index is 0.0550. The van der Waals surface area contributed by atoms with Crippen molar-refractivity contribution in [3.8, 4) is 0 Å². The molecule has 4 heteroatoms. The SMILES string of the molecule is CCN(c1cccc(F)c1)c1ccc(Br)cc1CO. The molecule has 0 radical (unpaired) electrons. The summed E-state index contributed by atoms with van der Waals surface area (Å²) in [6, 6.07) is 12.2. The van der Waals surface area contributed by atoms with Gasteiger partial charge in [0, 0.05) is 28.0 Å². The molecule has 0 bridgehead atoms. The fraction of sp³-hybridized carbons (Fsp3) is 0.200. The van der Waals surface area contributed by atoms with Crippen molar-refractivity contribution in [1.29, 1.82) is 0 Å². The number of anilines is 2. The van der Waals surface area contributed by atoms with E-state index in [-0.39, 0.29) is 12.4 Å². The molecule has 0 heterocycles. The molecular formula is C15H15BrFNO. The number of hydrogen-bond donors (Lipinski definition) is 1. The average Bonchev–Trinajstić information content (AvgIpc) is 2.41. The van der Waals surface area contributed by atoms with Gasteiger partial charge in [0.25, 0.3) is 0 Å². The van der Waals surface area contributed by atoms with Crippen molar-refractivity contribution in [2.75, 3.05) is 11.4 Å². The quantitative estimate of drug-likeness (QED) is 0.909. The molecule has 100 valence electrons. The van der Waals surface area contributed by atoms with Crippen molar-refractivity contribution in [1.82, 2.24) is 0 Å². The van der Waals surface area contributed by atoms with Gasteiger partial charge in [0.1, 0.15) is 5.82 Å². The predicted molar refractivity (Wildman–Crippen MR) is 79.1 cm³/mol. The minimum Gasteiger partial charge on any atom is -0.392 e. The molecule has 0 spiro atoms. The first kappa shape index (κ1) is 14.0. The summed E-state index contributed by atoms with van der Waals surface area (Å²) in [5, 5.41) is 9.47. The molecule has 2 rings (SSSR count). The second-order valence-electron chi connectivity index (χ2n) is 4.16. The Hall–Kier alpha value is -1.39. The number of nitrogens with zero attached hydrogens (tertiary/aromatic N) is 1. The topological polar surface area (TPSA) is 23.5 Å². The van der Waals surface area contributed by atoms with E-state index >= 15 is 0 Å². The number of halogens is 2. The summed E-state index contributed by atoms with van der Waals surface area (Å²) in [6.07, 6.45) is 0. The van der Waals surface area contributed by atoms with Crippen LogP contribution in [0.25, 0.3) is 0 Å². The zero-order valence-electron chi connectivity index (χ0n) is 10.6. The van der Waals surface area contributed by atoms with Crippen LogP contribution in [-0.2, 0) is 6.61 Å². The van der Waals surface area contributed by atoms with E-state index in [0.29, 0.717) is 6.54 Å². The summed E-state index contributed by atoms with van der Waals surface area (Å²) >= 11 is 3.39. The summed E-state index contributed by atoms with van der Waals surface area (Å²) in [6.45, 7) is 2.63. The van der Waals surface area contributed by atoms with E-state index in [1.165, 1.54) is 12.1 Å². The van der Waals surface area contributed by atoms with Gasteiger partial charge < -0.3 is 10.0 Å². The zero-order valence-corrected chi connectivity index (χ0v) is 12.2. The summed E-state index contributed by atoms with van der Waals surface area (Å²) in [7, 11) is 0. The maximum atomic E-state index is 13.3. The van der Waals surface area contributed by atoms with Gasteiger partial charge in [0.05, 0.1) is 6.61 Å². The number of rotatable bonds is 4. The summed E-state index contributed by atoms with van der Waals surface area (Å²) in [5.41, 5.74) is 2.47. The summed E-state index contributed by atoms with van der Waals surface area (Å²) < 4.78 is 14.3. The molecule has 0 aliphatic rings. The van der Waals surface area contributed by atoms with Crippen molar-refractivity contribution in [2.45, 2.75) is 13.5 Å². The van der Waals surface area contributed by atoms with Gasteiger partial charge in [0.15, 0.2) is 0 Å². The van der Waals surface area contributed by atoms with Crippen LogP contribution in [0, 0.1) is 5.82 Å². The van der Waals surface area contributed by atoms with Crippen LogP contribution in [0.1, 0.15) is 12.5 Å². The average molecular weight is 324 g/mol. The predicted octanol–water partition coefficient (Wildman–Crippen LogP) is 4.24. The lowest BCUT2D eigenvalue weighted by atomic mass is 10.1. The molecule has 1 N–H and O–H groups in total. The number of hydrogen-bond acceptors (Lipinski definition) is 2. The summed E-state index contributed by atoms with van der Waals surface area (Å²) in [4.78, 5) is 1.97. The van der Waals surface area contributed by atoms with Crippen LogP contribution in [0.15, 0.2) is 46.9 Å². The lowest BCUT2D eigenvalue weighted by molar-refractivity contribution is 0.282. The fourth-order valence-electron chi connectivity index (χ4n) is 2.08. The van der Waals surface area contributed by atoms with Crippen LogP contribution in [0.3, 0.4) is 0 Å². The highest BCUT2D eigenvalue weighted by Crippen LogP contribution is 2.30. The van der Waals surface area contributed by atoms with E-state index < -0.39 is 0 Å². The van der Waals surface area contributed by atoms with E-state index in [2.05, 4.69) is 15.9 Å². The van der Waals surface area contributed by atoms with Gasteiger partial charge >= 0.3 is 0 Å². The first-order valence-corrected chi connectivity index (χ1v) is 6.87. The molecule has 2 nitrogen and oxygen atoms in total. The minimum atomic E-state index is -0.265. The molecule has 0 aliphatic heterocycles. The van der Waals surface area contributed by atoms with Crippen molar-refractivity contribution in [3.63, 3.8) is 0 Å². The maximum absolute atomic E-state index is 13.3. The third-order valence-electron chi connectivity index (χ3n) is 2.94. The van der Waals surface area contributed by atoms with Crippen LogP contribution < -0.4 is 4.90 Å². The van der Waals surface area contributed by atoms with Gasteiger partial charge in [-0.05, 0) is 43.3 Å². The summed E-state index contributed by atoms with van der Waals surface area (Å²) in [5.74, 6) is -0.265. The van der Waals surface area contributed by atoms with Gasteiger partial charge in [-0.1, -0.05) is 22.0 Å². The third kappa shape index (κ3) is 3.14. The third-order valence-corrected chi connectivity index (χ3v) is 3.43. The molecule has 0 atom stereocenters. The van der Waals surface area contributed by atoms with Crippen LogP contribution in [0.2, 0.25) is 0 Å². The highest BCUT2D eigenvalue weighted by molar-refractivity contribution is 9.10. The first-order chi connectivity index (χ1) is 9.15. The Kier molecular flexibility index (Phi) is 4.56. The van der Waals surface area contributed by atoms with Crippen LogP contribution >= 0.6 is 15.9 Å². The largest absolute Gasteiger partial charge is 0.392 e. The number of aliphatic hydroxyl groups excluding tert-OH is 1. The molecule has 0 amide bonds. The lowest BCUT2D eigenvalue weighted by Crippen LogP contribution is -2.17. The second-order valence-corrected chi connectivity index (χ2v) is 5.07. The molecular weight excluding hydrogens is 309 g/mol. The fourth-order valence-corrected chi connectivity index (χ4v) is 2.49. The molecule has 0 saturated carbocycles. The Morgan fingerprint density at radius 1 is 1.21 bits per heavy atom. The normalized spacial score (nSPS) is 10.5. The van der Waals surface area contributed by atoms with Gasteiger partial charge in [-0.25, -0.2) is 4.39 Å². The standard InChI is InChI=1S/C15H15BrFNO/c1-2-18(14-5-3-4-13(17)9-14)15-7-6-12(16)8-11(15)10-19/h3-9,19H,2,10H2,1H3. The molecule has 19 heavy (non-hydrogen) atoms. The highest BCUT2D eigenvalue weighted by atomic mass is 79.9. The van der Waals surface area contributed by atoms with Crippen molar-refractivity contribution in [2.24, 2.45) is 0 Å². The Morgan fingerprint density at radius 2 is 2.00 bits per heavy atom. The molecule has 0 unspecified atom stereocenters. The number of aliphatic hydroxyl groups is 1. The van der Waals surface area contributed by atoms with Crippen LogP contribution in [0.4, 0.5) is 15.8 Å². The Bertz CT molecular complexity index is 574. The van der Waals surface area contributed by atoms with Gasteiger partial charge in [-0.3, -0.25) is 0 Å². The van der Waals surface area contributed by atoms with Crippen molar-refractivity contribution >= 4 is 27.3 Å². The lowest BCUT2D eigenvalue weighted by Gasteiger charge is -2.25. The van der Waals surface area contributed by atoms with Gasteiger partial charge in [0.2, 0.25) is 0 Å². The molecule has 0 aliphatic carbocycles. The Balaban J connectivity index is 2.48. The van der Waals surface area contributed by atoms with E-state index in [1.807, 2.05) is 36.1 Å². The second kappa shape index (κ2) is 6.17. The van der Waals surface area contributed by atoms with E-state index in [4.69, 9.17) is 0 Å². The highest BCUT2D eigenvalue weighted by Gasteiger charge is 2.12. The number of benzene rings is 2. The van der Waals surface area contributed by atoms with E-state index in [9.17, 15) is 9.50 Å². The Morgan fingerprint density at radius 3 is 2.63 bits per heavy atom. The smallest absolute Gasteiger partial charge is 0.125 e. The molecule has 2 aromatic rings. The molecule has 0 fully saturated rings. The van der Waals surface area contributed by atoms with E-state index in [1.54, 1.807) is 6.07 Å². The van der Waals surface area contributed by atoms with Gasteiger partial charge in [-0.15, -0.1) is 0 Å². The zero-order chi connectivity index (χ0) is 13.8. The van der Waals surface area contributed by atoms with Crippen LogP contribution in [0.5, 0.6) is 0 Å². The van der Waals surface area contributed by atoms with Crippen molar-refractivity contribution < 1.29 is 9.50 Å². The monoisotopic (exact) mass is 323 g/mol. The van der Waals surface area contributed by atoms with E-state index in [0.717, 1.165) is 21.4 Å². The Labute approximate surface area is 120 Å². The maximum Gasteiger partial charge on any atom is 0.125 e. The molecule has 2 aromatic carbocycles. The first-order valence-electron chi connectivity index (χ1n) is 6.08.